The SMILES string of the molecule is COc1ccc(C(=O)/C(Cc2ccccc2)=C(/C(=O)O)c2cc(OC)c3c(c2)OCO3)cc1C. The van der Waals surface area contributed by atoms with Gasteiger partial charge >= 0.3 is 5.97 Å². The van der Waals surface area contributed by atoms with Gasteiger partial charge in [-0.05, 0) is 53.9 Å². The summed E-state index contributed by atoms with van der Waals surface area (Å²) in [4.78, 5) is 26.4. The molecule has 7 heteroatoms. The third-order valence-corrected chi connectivity index (χ3v) is 5.62. The topological polar surface area (TPSA) is 91.3 Å². The molecule has 1 heterocycles. The average Bonchev–Trinajstić information content (AvgIpc) is 3.32. The minimum absolute atomic E-state index is 0.00218. The van der Waals surface area contributed by atoms with Crippen molar-refractivity contribution < 1.29 is 33.6 Å². The molecule has 1 aliphatic heterocycles. The number of fused-ring (bicyclic) bond motifs is 1. The monoisotopic (exact) mass is 460 g/mol. The fourth-order valence-electron chi connectivity index (χ4n) is 3.98. The van der Waals surface area contributed by atoms with Crippen LogP contribution in [0.5, 0.6) is 23.0 Å². The van der Waals surface area contributed by atoms with Gasteiger partial charge in [-0.25, -0.2) is 4.79 Å². The summed E-state index contributed by atoms with van der Waals surface area (Å²) in [6.07, 6.45) is 0.128. The third-order valence-electron chi connectivity index (χ3n) is 5.62. The summed E-state index contributed by atoms with van der Waals surface area (Å²) >= 11 is 0. The zero-order valence-electron chi connectivity index (χ0n) is 19.1. The van der Waals surface area contributed by atoms with Crippen molar-refractivity contribution in [3.63, 3.8) is 0 Å². The molecule has 0 radical (unpaired) electrons. The minimum atomic E-state index is -1.23. The molecule has 174 valence electrons. The number of hydrogen-bond donors (Lipinski definition) is 1. The van der Waals surface area contributed by atoms with Gasteiger partial charge in [0.25, 0.3) is 0 Å². The van der Waals surface area contributed by atoms with Gasteiger partial charge < -0.3 is 24.1 Å². The number of allylic oxidation sites excluding steroid dienone is 1. The Balaban J connectivity index is 1.92. The predicted molar refractivity (Wildman–Crippen MR) is 126 cm³/mol. The Hall–Kier alpha value is -4.26. The van der Waals surface area contributed by atoms with Gasteiger partial charge in [-0.15, -0.1) is 0 Å². The minimum Gasteiger partial charge on any atom is -0.496 e. The van der Waals surface area contributed by atoms with Crippen molar-refractivity contribution >= 4 is 17.3 Å². The number of hydrogen-bond acceptors (Lipinski definition) is 6. The van der Waals surface area contributed by atoms with Crippen LogP contribution >= 0.6 is 0 Å². The first kappa shape index (κ1) is 22.9. The molecular weight excluding hydrogens is 436 g/mol. The highest BCUT2D eigenvalue weighted by molar-refractivity contribution is 6.26. The van der Waals surface area contributed by atoms with E-state index in [1.165, 1.54) is 7.11 Å². The fraction of sp³-hybridized carbons (Fsp3) is 0.185. The Morgan fingerprint density at radius 1 is 0.912 bits per heavy atom. The number of carboxylic acids is 1. The summed E-state index contributed by atoms with van der Waals surface area (Å²) in [6, 6.07) is 17.4. The highest BCUT2D eigenvalue weighted by atomic mass is 16.7. The van der Waals surface area contributed by atoms with E-state index in [-0.39, 0.29) is 35.7 Å². The highest BCUT2D eigenvalue weighted by Gasteiger charge is 2.28. The van der Waals surface area contributed by atoms with Gasteiger partial charge in [0.15, 0.2) is 17.3 Å². The lowest BCUT2D eigenvalue weighted by Crippen LogP contribution is -2.14. The number of rotatable bonds is 8. The molecule has 0 aliphatic carbocycles. The van der Waals surface area contributed by atoms with Crippen molar-refractivity contribution in [3.8, 4) is 23.0 Å². The van der Waals surface area contributed by atoms with Gasteiger partial charge in [-0.3, -0.25) is 4.79 Å². The Labute approximate surface area is 197 Å². The van der Waals surface area contributed by atoms with E-state index < -0.39 is 5.97 Å². The fourth-order valence-corrected chi connectivity index (χ4v) is 3.98. The molecule has 0 saturated heterocycles. The summed E-state index contributed by atoms with van der Waals surface area (Å²) in [6.45, 7) is 1.83. The zero-order chi connectivity index (χ0) is 24.2. The van der Waals surface area contributed by atoms with Crippen LogP contribution in [0.15, 0.2) is 66.2 Å². The van der Waals surface area contributed by atoms with E-state index in [1.54, 1.807) is 37.4 Å². The maximum atomic E-state index is 13.8. The molecule has 0 atom stereocenters. The van der Waals surface area contributed by atoms with Crippen molar-refractivity contribution in [1.82, 2.24) is 0 Å². The molecule has 3 aromatic carbocycles. The Bertz CT molecular complexity index is 1280. The second-order valence-electron chi connectivity index (χ2n) is 7.75. The molecule has 1 N–H and O–H groups in total. The molecule has 1 aliphatic rings. The van der Waals surface area contributed by atoms with Crippen molar-refractivity contribution in [3.05, 3.63) is 88.5 Å². The normalized spacial score (nSPS) is 12.7. The van der Waals surface area contributed by atoms with Gasteiger partial charge in [-0.1, -0.05) is 30.3 Å². The zero-order valence-corrected chi connectivity index (χ0v) is 19.1. The van der Waals surface area contributed by atoms with Crippen LogP contribution < -0.4 is 18.9 Å². The lowest BCUT2D eigenvalue weighted by Gasteiger charge is -2.15. The van der Waals surface area contributed by atoms with Crippen LogP contribution in [-0.2, 0) is 11.2 Å². The van der Waals surface area contributed by atoms with E-state index in [0.29, 0.717) is 28.6 Å². The van der Waals surface area contributed by atoms with Crippen LogP contribution in [0.2, 0.25) is 0 Å². The van der Waals surface area contributed by atoms with Gasteiger partial charge in [-0.2, -0.15) is 0 Å². The van der Waals surface area contributed by atoms with Crippen molar-refractivity contribution in [1.29, 1.82) is 0 Å². The highest BCUT2D eigenvalue weighted by Crippen LogP contribution is 2.44. The van der Waals surface area contributed by atoms with Crippen molar-refractivity contribution in [2.24, 2.45) is 0 Å². The summed E-state index contributed by atoms with van der Waals surface area (Å²) in [5.41, 5.74) is 2.26. The summed E-state index contributed by atoms with van der Waals surface area (Å²) in [5.74, 6) is 0.117. The van der Waals surface area contributed by atoms with E-state index in [2.05, 4.69) is 0 Å². The number of benzene rings is 3. The Morgan fingerprint density at radius 3 is 2.29 bits per heavy atom. The van der Waals surface area contributed by atoms with Crippen molar-refractivity contribution in [2.75, 3.05) is 21.0 Å². The molecule has 7 nitrogen and oxygen atoms in total. The molecule has 0 bridgehead atoms. The molecule has 0 saturated carbocycles. The van der Waals surface area contributed by atoms with Crippen LogP contribution in [0.3, 0.4) is 0 Å². The van der Waals surface area contributed by atoms with E-state index in [9.17, 15) is 14.7 Å². The first-order chi connectivity index (χ1) is 16.4. The molecule has 4 rings (SSSR count). The first-order valence-corrected chi connectivity index (χ1v) is 10.6. The van der Waals surface area contributed by atoms with Gasteiger partial charge in [0.1, 0.15) is 5.75 Å². The number of carbonyl (C=O) groups is 2. The molecule has 0 aromatic heterocycles. The van der Waals surface area contributed by atoms with Crippen LogP contribution in [0.25, 0.3) is 5.57 Å². The number of aliphatic carboxylic acids is 1. The molecule has 0 amide bonds. The summed E-state index contributed by atoms with van der Waals surface area (Å²) in [5, 5.41) is 10.3. The number of ether oxygens (including phenoxy) is 4. The molecular formula is C27H24O7. The Kier molecular flexibility index (Phi) is 6.54. The first-order valence-electron chi connectivity index (χ1n) is 10.6. The summed E-state index contributed by atoms with van der Waals surface area (Å²) < 4.78 is 21.6. The van der Waals surface area contributed by atoms with E-state index in [0.717, 1.165) is 11.1 Å². The number of carbonyl (C=O) groups excluding carboxylic acids is 1. The van der Waals surface area contributed by atoms with Gasteiger partial charge in [0.2, 0.25) is 12.5 Å². The van der Waals surface area contributed by atoms with E-state index >= 15 is 0 Å². The van der Waals surface area contributed by atoms with Crippen LogP contribution in [-0.4, -0.2) is 37.9 Å². The largest absolute Gasteiger partial charge is 0.496 e. The van der Waals surface area contributed by atoms with Gasteiger partial charge in [0, 0.05) is 17.6 Å². The lowest BCUT2D eigenvalue weighted by atomic mass is 9.89. The smallest absolute Gasteiger partial charge is 0.336 e. The number of aryl methyl sites for hydroxylation is 1. The maximum Gasteiger partial charge on any atom is 0.336 e. The standard InChI is InChI=1S/C27H24O7/c1-16-11-18(9-10-21(16)31-2)25(28)20(12-17-7-5-4-6-8-17)24(27(29)30)19-13-22(32-3)26-23(14-19)33-15-34-26/h4-11,13-14H,12,15H2,1-3H3,(H,29,30)/b24-20+. The quantitative estimate of drug-likeness (QED) is 0.385. The maximum absolute atomic E-state index is 13.8. The molecule has 34 heavy (non-hydrogen) atoms. The second kappa shape index (κ2) is 9.70. The van der Waals surface area contributed by atoms with E-state index in [1.807, 2.05) is 37.3 Å². The Morgan fingerprint density at radius 2 is 1.65 bits per heavy atom. The number of carboxylic acid groups (broad SMARTS) is 1. The average molecular weight is 460 g/mol. The predicted octanol–water partition coefficient (Wildman–Crippen LogP) is 4.70. The molecule has 0 unspecified atom stereocenters. The third kappa shape index (κ3) is 4.45. The van der Waals surface area contributed by atoms with Crippen LogP contribution in [0, 0.1) is 6.92 Å². The molecule has 0 fully saturated rings. The van der Waals surface area contributed by atoms with Gasteiger partial charge in [0.05, 0.1) is 19.8 Å². The van der Waals surface area contributed by atoms with Crippen molar-refractivity contribution in [2.45, 2.75) is 13.3 Å². The molecule has 0 spiro atoms. The van der Waals surface area contributed by atoms with Crippen LogP contribution in [0.1, 0.15) is 27.0 Å². The molecule has 3 aromatic rings. The van der Waals surface area contributed by atoms with E-state index in [4.69, 9.17) is 18.9 Å². The lowest BCUT2D eigenvalue weighted by molar-refractivity contribution is -0.130. The number of methoxy groups -OCH3 is 2. The summed E-state index contributed by atoms with van der Waals surface area (Å²) in [7, 11) is 3.02. The van der Waals surface area contributed by atoms with Crippen LogP contribution in [0.4, 0.5) is 0 Å². The number of Topliss-reactive ketones (excluding diaryl/α,β-unsaturated/α-hetero) is 1. The second-order valence-corrected chi connectivity index (χ2v) is 7.75. The number of ketones is 1.